The highest BCUT2D eigenvalue weighted by Crippen LogP contribution is 2.33. The van der Waals surface area contributed by atoms with Crippen LogP contribution in [0.25, 0.3) is 10.8 Å². The summed E-state index contributed by atoms with van der Waals surface area (Å²) in [5.41, 5.74) is 0.543. The van der Waals surface area contributed by atoms with Gasteiger partial charge in [0.2, 0.25) is 0 Å². The molecule has 0 radical (unpaired) electrons. The molecule has 0 amide bonds. The Morgan fingerprint density at radius 1 is 0.771 bits per heavy atom. The normalized spacial score (nSPS) is 17.9. The van der Waals surface area contributed by atoms with Crippen molar-refractivity contribution >= 4 is 10.8 Å². The molecule has 1 nitrogen and oxygen atoms in total. The molecule has 1 fully saturated rings. The van der Waals surface area contributed by atoms with Gasteiger partial charge in [-0.05, 0) is 72.4 Å². The molecule has 1 aliphatic rings. The van der Waals surface area contributed by atoms with Crippen molar-refractivity contribution in [2.24, 2.45) is 11.8 Å². The molecule has 6 heteroatoms. The zero-order valence-electron chi connectivity index (χ0n) is 19.6. The topological polar surface area (TPSA) is 9.23 Å². The molecule has 0 aliphatic heterocycles. The van der Waals surface area contributed by atoms with Crippen molar-refractivity contribution in [1.29, 1.82) is 0 Å². The molecule has 0 aromatic heterocycles. The van der Waals surface area contributed by atoms with Gasteiger partial charge in [0.1, 0.15) is 11.6 Å². The molecule has 4 rings (SSSR count). The van der Waals surface area contributed by atoms with Crippen molar-refractivity contribution in [2.75, 3.05) is 13.7 Å². The lowest BCUT2D eigenvalue weighted by Crippen LogP contribution is -2.16. The van der Waals surface area contributed by atoms with Crippen LogP contribution in [-0.2, 0) is 11.2 Å². The van der Waals surface area contributed by atoms with E-state index in [-0.39, 0.29) is 16.3 Å². The van der Waals surface area contributed by atoms with Crippen LogP contribution in [-0.4, -0.2) is 13.7 Å². The van der Waals surface area contributed by atoms with Gasteiger partial charge in [-0.2, -0.15) is 0 Å². The van der Waals surface area contributed by atoms with E-state index in [0.29, 0.717) is 29.4 Å². The van der Waals surface area contributed by atoms with Gasteiger partial charge in [0.05, 0.1) is 5.56 Å². The highest BCUT2D eigenvalue weighted by atomic mass is 19.2. The maximum absolute atomic E-state index is 14.7. The van der Waals surface area contributed by atoms with Gasteiger partial charge in [-0.1, -0.05) is 43.6 Å². The molecular weight excluding hydrogens is 459 g/mol. The first kappa shape index (κ1) is 25.2. The Hall–Kier alpha value is -2.91. The van der Waals surface area contributed by atoms with Gasteiger partial charge in [-0.3, -0.25) is 0 Å². The van der Waals surface area contributed by atoms with Gasteiger partial charge >= 0.3 is 0 Å². The van der Waals surface area contributed by atoms with Crippen LogP contribution in [0.1, 0.15) is 55.2 Å². The number of hydrogen-bond donors (Lipinski definition) is 0. The Morgan fingerprint density at radius 2 is 1.43 bits per heavy atom. The quantitative estimate of drug-likeness (QED) is 0.197. The number of fused-ring (bicyclic) bond motifs is 1. The lowest BCUT2D eigenvalue weighted by Gasteiger charge is -2.28. The maximum atomic E-state index is 14.7. The van der Waals surface area contributed by atoms with E-state index in [1.807, 2.05) is 0 Å². The molecular formula is C29H27F5O. The third-order valence-corrected chi connectivity index (χ3v) is 6.94. The van der Waals surface area contributed by atoms with Crippen molar-refractivity contribution in [3.8, 4) is 11.8 Å². The third-order valence-electron chi connectivity index (χ3n) is 6.94. The summed E-state index contributed by atoms with van der Waals surface area (Å²) in [5, 5.41) is 0.0110. The van der Waals surface area contributed by atoms with Gasteiger partial charge in [0, 0.05) is 24.7 Å². The van der Waals surface area contributed by atoms with Crippen LogP contribution in [0.15, 0.2) is 36.4 Å². The lowest BCUT2D eigenvalue weighted by atomic mass is 9.78. The molecule has 0 atom stereocenters. The molecule has 0 spiro atoms. The van der Waals surface area contributed by atoms with Crippen LogP contribution in [0.2, 0.25) is 0 Å². The number of methoxy groups -OCH3 is 1. The maximum Gasteiger partial charge on any atom is 0.195 e. The van der Waals surface area contributed by atoms with E-state index < -0.39 is 29.1 Å². The molecule has 1 saturated carbocycles. The summed E-state index contributed by atoms with van der Waals surface area (Å²) in [7, 11) is 1.72. The molecule has 3 aromatic carbocycles. The van der Waals surface area contributed by atoms with Crippen molar-refractivity contribution in [2.45, 2.75) is 44.9 Å². The van der Waals surface area contributed by atoms with Crippen LogP contribution in [0.4, 0.5) is 22.0 Å². The Morgan fingerprint density at radius 3 is 2.09 bits per heavy atom. The summed E-state index contributed by atoms with van der Waals surface area (Å²) in [6, 6.07) is 7.52. The fourth-order valence-electron chi connectivity index (χ4n) is 4.87. The summed E-state index contributed by atoms with van der Waals surface area (Å²) in [4.78, 5) is 0. The molecule has 3 aromatic rings. The van der Waals surface area contributed by atoms with Crippen LogP contribution >= 0.6 is 0 Å². The zero-order chi connectivity index (χ0) is 24.9. The first-order chi connectivity index (χ1) is 16.9. The predicted molar refractivity (Wildman–Crippen MR) is 126 cm³/mol. The largest absolute Gasteiger partial charge is 0.385 e. The summed E-state index contributed by atoms with van der Waals surface area (Å²) < 4.78 is 75.3. The third kappa shape index (κ3) is 6.02. The summed E-state index contributed by atoms with van der Waals surface area (Å²) in [5.74, 6) is 0.767. The minimum absolute atomic E-state index is 0.0976. The first-order valence-corrected chi connectivity index (χ1v) is 11.9. The summed E-state index contributed by atoms with van der Waals surface area (Å²) in [6.45, 7) is 0.793. The monoisotopic (exact) mass is 486 g/mol. The van der Waals surface area contributed by atoms with Crippen LogP contribution in [0.5, 0.6) is 0 Å². The fourth-order valence-corrected chi connectivity index (χ4v) is 4.87. The number of halogens is 5. The van der Waals surface area contributed by atoms with E-state index in [2.05, 4.69) is 11.8 Å². The summed E-state index contributed by atoms with van der Waals surface area (Å²) in [6.07, 6.45) is 7.21. The van der Waals surface area contributed by atoms with E-state index in [9.17, 15) is 22.0 Å². The number of rotatable bonds is 6. The minimum atomic E-state index is -1.55. The number of benzene rings is 3. The smallest absolute Gasteiger partial charge is 0.195 e. The van der Waals surface area contributed by atoms with E-state index in [4.69, 9.17) is 4.74 Å². The summed E-state index contributed by atoms with van der Waals surface area (Å²) >= 11 is 0. The Kier molecular flexibility index (Phi) is 8.07. The van der Waals surface area contributed by atoms with Gasteiger partial charge in [-0.25, -0.2) is 22.0 Å². The average Bonchev–Trinajstić information content (AvgIpc) is 2.85. The number of hydrogen-bond acceptors (Lipinski definition) is 1. The Balaban J connectivity index is 1.42. The zero-order valence-corrected chi connectivity index (χ0v) is 19.6. The van der Waals surface area contributed by atoms with Crippen molar-refractivity contribution in [3.63, 3.8) is 0 Å². The second-order valence-corrected chi connectivity index (χ2v) is 9.31. The van der Waals surface area contributed by atoms with E-state index in [0.717, 1.165) is 38.4 Å². The van der Waals surface area contributed by atoms with Gasteiger partial charge in [0.25, 0.3) is 0 Å². The Bertz CT molecular complexity index is 1240. The molecule has 0 heterocycles. The SMILES string of the molecule is COCCC1CCC(CCc2cc(F)c(C#Cc3ccc4c(F)c(F)c(F)cc4c3)c(F)c2)CC1. The lowest BCUT2D eigenvalue weighted by molar-refractivity contribution is 0.155. The van der Waals surface area contributed by atoms with Crippen molar-refractivity contribution < 1.29 is 26.7 Å². The second kappa shape index (κ2) is 11.2. The van der Waals surface area contributed by atoms with E-state index >= 15 is 0 Å². The Labute approximate surface area is 202 Å². The van der Waals surface area contributed by atoms with Crippen LogP contribution in [0, 0.1) is 52.8 Å². The van der Waals surface area contributed by atoms with Gasteiger partial charge in [-0.15, -0.1) is 0 Å². The predicted octanol–water partition coefficient (Wildman–Crippen LogP) is 7.71. The van der Waals surface area contributed by atoms with Gasteiger partial charge < -0.3 is 4.74 Å². The number of aryl methyl sites for hydroxylation is 1. The average molecular weight is 487 g/mol. The molecule has 0 N–H and O–H groups in total. The second-order valence-electron chi connectivity index (χ2n) is 9.31. The molecule has 0 saturated heterocycles. The molecule has 0 unspecified atom stereocenters. The number of ether oxygens (including phenoxy) is 1. The molecule has 184 valence electrons. The highest BCUT2D eigenvalue weighted by molar-refractivity contribution is 5.84. The van der Waals surface area contributed by atoms with E-state index in [1.165, 1.54) is 43.2 Å². The first-order valence-electron chi connectivity index (χ1n) is 11.9. The fraction of sp³-hybridized carbons (Fsp3) is 0.379. The van der Waals surface area contributed by atoms with E-state index in [1.54, 1.807) is 7.11 Å². The standard InChI is InChI=1S/C29H27F5O/c1-35-13-12-19-4-2-18(3-5-19)6-7-21-15-25(30)24(26(31)16-21)11-9-20-8-10-23-22(14-20)17-27(32)29(34)28(23)33/h8,10,14-19H,2-7,12-13H2,1H3. The van der Waals surface area contributed by atoms with Crippen molar-refractivity contribution in [3.05, 3.63) is 82.2 Å². The van der Waals surface area contributed by atoms with Crippen LogP contribution < -0.4 is 0 Å². The highest BCUT2D eigenvalue weighted by Gasteiger charge is 2.21. The molecule has 35 heavy (non-hydrogen) atoms. The van der Waals surface area contributed by atoms with Gasteiger partial charge in [0.15, 0.2) is 17.5 Å². The molecule has 1 aliphatic carbocycles. The van der Waals surface area contributed by atoms with Crippen molar-refractivity contribution in [1.82, 2.24) is 0 Å². The minimum Gasteiger partial charge on any atom is -0.385 e. The van der Waals surface area contributed by atoms with Crippen LogP contribution in [0.3, 0.4) is 0 Å². The molecule has 0 bridgehead atoms.